The van der Waals surface area contributed by atoms with Crippen molar-refractivity contribution in [2.75, 3.05) is 31.2 Å². The van der Waals surface area contributed by atoms with Crippen LogP contribution in [0.5, 0.6) is 0 Å². The standard InChI is InChI=1S/C20H19N3O3/c1-14-16-4-2-3-5-18(16)26-19(14)17(24)7-6-15-12-21-20(22-13-15)23-8-10-25-11-9-23/h2-7,12-13H,8-11H2,1H3/b7-6-. The largest absolute Gasteiger partial charge is 0.452 e. The molecule has 0 aliphatic carbocycles. The number of nitrogens with zero attached hydrogens (tertiary/aromatic N) is 3. The van der Waals surface area contributed by atoms with Gasteiger partial charge in [-0.1, -0.05) is 18.2 Å². The third-order valence-electron chi connectivity index (χ3n) is 4.45. The monoisotopic (exact) mass is 349 g/mol. The SMILES string of the molecule is Cc1c(C(=O)/C=C\c2cnc(N3CCOCC3)nc2)oc2ccccc12. The van der Waals surface area contributed by atoms with Crippen LogP contribution in [0.3, 0.4) is 0 Å². The number of furan rings is 1. The molecule has 0 saturated carbocycles. The van der Waals surface area contributed by atoms with E-state index in [0.29, 0.717) is 24.9 Å². The third-order valence-corrected chi connectivity index (χ3v) is 4.45. The van der Waals surface area contributed by atoms with Crippen LogP contribution in [0.2, 0.25) is 0 Å². The fourth-order valence-corrected chi connectivity index (χ4v) is 3.00. The Kier molecular flexibility index (Phi) is 4.50. The van der Waals surface area contributed by atoms with Crippen LogP contribution in [-0.4, -0.2) is 42.1 Å². The molecule has 0 atom stereocenters. The molecule has 132 valence electrons. The number of benzene rings is 1. The third kappa shape index (κ3) is 3.23. The number of aryl methyl sites for hydroxylation is 1. The van der Waals surface area contributed by atoms with Crippen LogP contribution >= 0.6 is 0 Å². The summed E-state index contributed by atoms with van der Waals surface area (Å²) in [6, 6.07) is 7.64. The molecule has 0 spiro atoms. The topological polar surface area (TPSA) is 68.5 Å². The number of ketones is 1. The first kappa shape index (κ1) is 16.5. The Morgan fingerprint density at radius 2 is 1.88 bits per heavy atom. The van der Waals surface area contributed by atoms with E-state index in [9.17, 15) is 4.79 Å². The second-order valence-electron chi connectivity index (χ2n) is 6.17. The first-order valence-electron chi connectivity index (χ1n) is 8.57. The molecule has 2 aromatic heterocycles. The molecular formula is C20H19N3O3. The van der Waals surface area contributed by atoms with Gasteiger partial charge in [-0.2, -0.15) is 0 Å². The molecule has 1 fully saturated rings. The molecule has 0 N–H and O–H groups in total. The van der Waals surface area contributed by atoms with E-state index in [1.165, 1.54) is 6.08 Å². The van der Waals surface area contributed by atoms with E-state index in [4.69, 9.17) is 9.15 Å². The van der Waals surface area contributed by atoms with Gasteiger partial charge in [0.05, 0.1) is 13.2 Å². The second-order valence-corrected chi connectivity index (χ2v) is 6.17. The number of aromatic nitrogens is 2. The fourth-order valence-electron chi connectivity index (χ4n) is 3.00. The number of allylic oxidation sites excluding steroid dienone is 1. The lowest BCUT2D eigenvalue weighted by Crippen LogP contribution is -2.37. The van der Waals surface area contributed by atoms with Crippen molar-refractivity contribution in [2.24, 2.45) is 0 Å². The molecule has 3 heterocycles. The van der Waals surface area contributed by atoms with E-state index in [2.05, 4.69) is 14.9 Å². The quantitative estimate of drug-likeness (QED) is 0.532. The number of hydrogen-bond donors (Lipinski definition) is 0. The van der Waals surface area contributed by atoms with Gasteiger partial charge < -0.3 is 14.1 Å². The number of morpholine rings is 1. The Morgan fingerprint density at radius 3 is 2.62 bits per heavy atom. The van der Waals surface area contributed by atoms with Crippen LogP contribution in [0.15, 0.2) is 47.2 Å². The van der Waals surface area contributed by atoms with Crippen LogP contribution in [-0.2, 0) is 4.74 Å². The summed E-state index contributed by atoms with van der Waals surface area (Å²) >= 11 is 0. The highest BCUT2D eigenvalue weighted by atomic mass is 16.5. The van der Waals surface area contributed by atoms with Gasteiger partial charge in [0, 0.05) is 42.0 Å². The molecule has 1 aliphatic rings. The molecule has 0 radical (unpaired) electrons. The van der Waals surface area contributed by atoms with E-state index in [1.807, 2.05) is 31.2 Å². The summed E-state index contributed by atoms with van der Waals surface area (Å²) in [6.45, 7) is 4.86. The molecule has 0 bridgehead atoms. The fraction of sp³-hybridized carbons (Fsp3) is 0.250. The predicted octanol–water partition coefficient (Wildman–Crippen LogP) is 3.26. The number of fused-ring (bicyclic) bond motifs is 1. The molecule has 1 aliphatic heterocycles. The van der Waals surface area contributed by atoms with E-state index in [1.54, 1.807) is 18.5 Å². The van der Waals surface area contributed by atoms with Gasteiger partial charge in [-0.05, 0) is 25.1 Å². The van der Waals surface area contributed by atoms with E-state index >= 15 is 0 Å². The molecule has 0 amide bonds. The lowest BCUT2D eigenvalue weighted by molar-refractivity contribution is 0.102. The molecule has 4 rings (SSSR count). The lowest BCUT2D eigenvalue weighted by Gasteiger charge is -2.26. The van der Waals surface area contributed by atoms with Gasteiger partial charge in [0.2, 0.25) is 11.7 Å². The Hall–Kier alpha value is -2.99. The zero-order chi connectivity index (χ0) is 17.9. The Morgan fingerprint density at radius 1 is 1.15 bits per heavy atom. The highest BCUT2D eigenvalue weighted by Gasteiger charge is 2.15. The van der Waals surface area contributed by atoms with Crippen LogP contribution in [0.1, 0.15) is 21.7 Å². The summed E-state index contributed by atoms with van der Waals surface area (Å²) in [5, 5.41) is 0.961. The summed E-state index contributed by atoms with van der Waals surface area (Å²) < 4.78 is 11.0. The number of carbonyl (C=O) groups excluding carboxylic acids is 1. The van der Waals surface area contributed by atoms with Crippen LogP contribution < -0.4 is 4.90 Å². The second kappa shape index (κ2) is 7.09. The van der Waals surface area contributed by atoms with Gasteiger partial charge >= 0.3 is 0 Å². The number of para-hydroxylation sites is 1. The molecular weight excluding hydrogens is 330 g/mol. The van der Waals surface area contributed by atoms with E-state index in [0.717, 1.165) is 35.2 Å². The van der Waals surface area contributed by atoms with Gasteiger partial charge in [0.15, 0.2) is 5.76 Å². The average Bonchev–Trinajstić information content (AvgIpc) is 3.04. The first-order valence-corrected chi connectivity index (χ1v) is 8.57. The Labute approximate surface area is 151 Å². The molecule has 6 nitrogen and oxygen atoms in total. The summed E-state index contributed by atoms with van der Waals surface area (Å²) in [5.41, 5.74) is 2.35. The molecule has 26 heavy (non-hydrogen) atoms. The van der Waals surface area contributed by atoms with Crippen molar-refractivity contribution in [2.45, 2.75) is 6.92 Å². The molecule has 3 aromatic rings. The lowest BCUT2D eigenvalue weighted by atomic mass is 10.1. The smallest absolute Gasteiger partial charge is 0.225 e. The van der Waals surface area contributed by atoms with Crippen molar-refractivity contribution in [3.8, 4) is 0 Å². The molecule has 0 unspecified atom stereocenters. The number of carbonyl (C=O) groups is 1. The van der Waals surface area contributed by atoms with Gasteiger partial charge in [-0.25, -0.2) is 9.97 Å². The highest BCUT2D eigenvalue weighted by molar-refractivity contribution is 6.08. The van der Waals surface area contributed by atoms with E-state index in [-0.39, 0.29) is 5.78 Å². The van der Waals surface area contributed by atoms with Crippen molar-refractivity contribution in [3.05, 3.63) is 59.6 Å². The van der Waals surface area contributed by atoms with Crippen LogP contribution in [0, 0.1) is 6.92 Å². The van der Waals surface area contributed by atoms with Crippen molar-refractivity contribution in [3.63, 3.8) is 0 Å². The minimum absolute atomic E-state index is 0.170. The van der Waals surface area contributed by atoms with Crippen molar-refractivity contribution in [1.82, 2.24) is 9.97 Å². The maximum Gasteiger partial charge on any atom is 0.225 e. The Bertz CT molecular complexity index is 954. The van der Waals surface area contributed by atoms with Gasteiger partial charge in [0.25, 0.3) is 0 Å². The first-order chi connectivity index (χ1) is 12.7. The van der Waals surface area contributed by atoms with Crippen molar-refractivity contribution in [1.29, 1.82) is 0 Å². The van der Waals surface area contributed by atoms with Crippen molar-refractivity contribution < 1.29 is 13.9 Å². The predicted molar refractivity (Wildman–Crippen MR) is 99.4 cm³/mol. The zero-order valence-corrected chi connectivity index (χ0v) is 14.5. The summed E-state index contributed by atoms with van der Waals surface area (Å²) in [6.07, 6.45) is 6.63. The minimum Gasteiger partial charge on any atom is -0.452 e. The number of hydrogen-bond acceptors (Lipinski definition) is 6. The van der Waals surface area contributed by atoms with Crippen molar-refractivity contribution >= 4 is 28.8 Å². The number of anilines is 1. The maximum atomic E-state index is 12.5. The average molecular weight is 349 g/mol. The molecule has 1 saturated heterocycles. The van der Waals surface area contributed by atoms with E-state index < -0.39 is 0 Å². The van der Waals surface area contributed by atoms with Gasteiger partial charge in [-0.3, -0.25) is 4.79 Å². The number of rotatable bonds is 4. The minimum atomic E-state index is -0.170. The number of ether oxygens (including phenoxy) is 1. The van der Waals surface area contributed by atoms with Crippen LogP contribution in [0.25, 0.3) is 17.0 Å². The Balaban J connectivity index is 1.50. The summed E-state index contributed by atoms with van der Waals surface area (Å²) in [7, 11) is 0. The summed E-state index contributed by atoms with van der Waals surface area (Å²) in [5.74, 6) is 0.883. The zero-order valence-electron chi connectivity index (χ0n) is 14.5. The molecule has 1 aromatic carbocycles. The summed E-state index contributed by atoms with van der Waals surface area (Å²) in [4.78, 5) is 23.3. The maximum absolute atomic E-state index is 12.5. The normalized spacial score (nSPS) is 15.0. The molecule has 6 heteroatoms. The van der Waals surface area contributed by atoms with Gasteiger partial charge in [-0.15, -0.1) is 0 Å². The van der Waals surface area contributed by atoms with Crippen LogP contribution in [0.4, 0.5) is 5.95 Å². The highest BCUT2D eigenvalue weighted by Crippen LogP contribution is 2.25. The van der Waals surface area contributed by atoms with Gasteiger partial charge in [0.1, 0.15) is 5.58 Å².